The second-order valence-electron chi connectivity index (χ2n) is 3.53. The first kappa shape index (κ1) is 9.66. The average molecular weight is 201 g/mol. The first-order chi connectivity index (χ1) is 7.31. The molecule has 1 aromatic heterocycles. The van der Waals surface area contributed by atoms with Gasteiger partial charge in [-0.15, -0.1) is 0 Å². The predicted molar refractivity (Wildman–Crippen MR) is 55.4 cm³/mol. The van der Waals surface area contributed by atoms with E-state index < -0.39 is 0 Å². The molecule has 1 fully saturated rings. The summed E-state index contributed by atoms with van der Waals surface area (Å²) in [5, 5.41) is 8.93. The molecule has 0 atom stereocenters. The number of hydrogen-bond donors (Lipinski definition) is 0. The molecule has 0 spiro atoms. The minimum atomic E-state index is 0.300. The number of pyridine rings is 1. The second-order valence-corrected chi connectivity index (χ2v) is 3.53. The summed E-state index contributed by atoms with van der Waals surface area (Å²) in [5.74, 6) is 0.300. The van der Waals surface area contributed by atoms with Crippen LogP contribution in [0.1, 0.15) is 18.4 Å². The van der Waals surface area contributed by atoms with Gasteiger partial charge in [0, 0.05) is 32.1 Å². The Morgan fingerprint density at radius 1 is 1.40 bits per heavy atom. The fourth-order valence-corrected chi connectivity index (χ4v) is 1.73. The molecule has 0 N–H and O–H groups in total. The number of rotatable bonds is 1. The summed E-state index contributed by atoms with van der Waals surface area (Å²) in [4.78, 5) is 17.1. The van der Waals surface area contributed by atoms with Crippen LogP contribution in [-0.4, -0.2) is 23.9 Å². The molecule has 1 aliphatic rings. The zero-order valence-electron chi connectivity index (χ0n) is 8.31. The SMILES string of the molecule is N#Cc1ccncc1N1CCC(=O)CC1. The summed E-state index contributed by atoms with van der Waals surface area (Å²) in [6.07, 6.45) is 4.44. The van der Waals surface area contributed by atoms with E-state index in [-0.39, 0.29) is 0 Å². The van der Waals surface area contributed by atoms with Crippen molar-refractivity contribution >= 4 is 11.5 Å². The minimum Gasteiger partial charge on any atom is -0.368 e. The van der Waals surface area contributed by atoms with Crippen molar-refractivity contribution in [2.24, 2.45) is 0 Å². The van der Waals surface area contributed by atoms with E-state index >= 15 is 0 Å². The third kappa shape index (κ3) is 1.96. The first-order valence-electron chi connectivity index (χ1n) is 4.92. The minimum absolute atomic E-state index is 0.300. The van der Waals surface area contributed by atoms with E-state index in [4.69, 9.17) is 5.26 Å². The van der Waals surface area contributed by atoms with E-state index in [2.05, 4.69) is 11.1 Å². The summed E-state index contributed by atoms with van der Waals surface area (Å²) in [6.45, 7) is 1.39. The fraction of sp³-hybridized carbons (Fsp3) is 0.364. The lowest BCUT2D eigenvalue weighted by Gasteiger charge is -2.28. The van der Waals surface area contributed by atoms with Crippen LogP contribution in [0.4, 0.5) is 5.69 Å². The van der Waals surface area contributed by atoms with Crippen LogP contribution < -0.4 is 4.90 Å². The summed E-state index contributed by atoms with van der Waals surface area (Å²) < 4.78 is 0. The van der Waals surface area contributed by atoms with Gasteiger partial charge in [0.1, 0.15) is 11.9 Å². The Bertz CT molecular complexity index is 412. The van der Waals surface area contributed by atoms with Crippen molar-refractivity contribution in [3.63, 3.8) is 0 Å². The molecule has 15 heavy (non-hydrogen) atoms. The third-order valence-electron chi connectivity index (χ3n) is 2.58. The van der Waals surface area contributed by atoms with Gasteiger partial charge in [0.25, 0.3) is 0 Å². The van der Waals surface area contributed by atoms with Crippen LogP contribution in [0.2, 0.25) is 0 Å². The van der Waals surface area contributed by atoms with Crippen LogP contribution >= 0.6 is 0 Å². The number of carbonyl (C=O) groups is 1. The molecule has 4 heteroatoms. The maximum absolute atomic E-state index is 11.1. The number of hydrogen-bond acceptors (Lipinski definition) is 4. The highest BCUT2D eigenvalue weighted by Crippen LogP contribution is 2.21. The van der Waals surface area contributed by atoms with Crippen LogP contribution in [-0.2, 0) is 4.79 Å². The van der Waals surface area contributed by atoms with Gasteiger partial charge in [-0.2, -0.15) is 5.26 Å². The molecule has 0 saturated carbocycles. The number of aromatic nitrogens is 1. The van der Waals surface area contributed by atoms with Crippen molar-refractivity contribution in [1.82, 2.24) is 4.98 Å². The molecule has 0 radical (unpaired) electrons. The number of nitrogens with zero attached hydrogens (tertiary/aromatic N) is 3. The maximum atomic E-state index is 11.1. The highest BCUT2D eigenvalue weighted by Gasteiger charge is 2.18. The smallest absolute Gasteiger partial charge is 0.136 e. The van der Waals surface area contributed by atoms with Crippen molar-refractivity contribution < 1.29 is 4.79 Å². The summed E-state index contributed by atoms with van der Waals surface area (Å²) in [6, 6.07) is 3.84. The fourth-order valence-electron chi connectivity index (χ4n) is 1.73. The number of ketones is 1. The van der Waals surface area contributed by atoms with Gasteiger partial charge in [0.2, 0.25) is 0 Å². The molecular weight excluding hydrogens is 190 g/mol. The molecule has 0 aromatic carbocycles. The van der Waals surface area contributed by atoms with Gasteiger partial charge < -0.3 is 4.90 Å². The topological polar surface area (TPSA) is 57.0 Å². The Hall–Kier alpha value is -1.89. The predicted octanol–water partition coefficient (Wildman–Crippen LogP) is 1.12. The van der Waals surface area contributed by atoms with Gasteiger partial charge in [-0.25, -0.2) is 0 Å². The number of Topliss-reactive ketones (excluding diaryl/α,β-unsaturated/α-hetero) is 1. The van der Waals surface area contributed by atoms with Crippen molar-refractivity contribution in [3.8, 4) is 6.07 Å². The molecule has 0 unspecified atom stereocenters. The van der Waals surface area contributed by atoms with Gasteiger partial charge in [0.05, 0.1) is 17.4 Å². The number of anilines is 1. The number of carbonyl (C=O) groups excluding carboxylic acids is 1. The number of piperidine rings is 1. The normalized spacial score (nSPS) is 16.2. The Balaban J connectivity index is 2.23. The van der Waals surface area contributed by atoms with E-state index in [1.807, 2.05) is 4.90 Å². The summed E-state index contributed by atoms with van der Waals surface area (Å²) in [7, 11) is 0. The van der Waals surface area contributed by atoms with Crippen molar-refractivity contribution in [2.45, 2.75) is 12.8 Å². The zero-order chi connectivity index (χ0) is 10.7. The van der Waals surface area contributed by atoms with Gasteiger partial charge in [0.15, 0.2) is 0 Å². The lowest BCUT2D eigenvalue weighted by atomic mass is 10.1. The first-order valence-corrected chi connectivity index (χ1v) is 4.92. The van der Waals surface area contributed by atoms with Crippen LogP contribution in [0.5, 0.6) is 0 Å². The van der Waals surface area contributed by atoms with E-state index in [0.29, 0.717) is 37.3 Å². The zero-order valence-corrected chi connectivity index (χ0v) is 8.31. The van der Waals surface area contributed by atoms with Crippen molar-refractivity contribution in [3.05, 3.63) is 24.0 Å². The molecule has 2 heterocycles. The Morgan fingerprint density at radius 2 is 2.13 bits per heavy atom. The lowest BCUT2D eigenvalue weighted by molar-refractivity contribution is -0.119. The summed E-state index contributed by atoms with van der Waals surface area (Å²) >= 11 is 0. The molecule has 4 nitrogen and oxygen atoms in total. The van der Waals surface area contributed by atoms with Gasteiger partial charge in [-0.3, -0.25) is 9.78 Å². The highest BCUT2D eigenvalue weighted by molar-refractivity contribution is 5.81. The standard InChI is InChI=1S/C11H11N3O/c12-7-9-1-4-13-8-11(9)14-5-2-10(15)3-6-14/h1,4,8H,2-3,5-6H2. The second kappa shape index (κ2) is 4.09. The highest BCUT2D eigenvalue weighted by atomic mass is 16.1. The van der Waals surface area contributed by atoms with Gasteiger partial charge >= 0.3 is 0 Å². The van der Waals surface area contributed by atoms with Crippen LogP contribution in [0.3, 0.4) is 0 Å². The molecule has 2 rings (SSSR count). The largest absolute Gasteiger partial charge is 0.368 e. The quantitative estimate of drug-likeness (QED) is 0.683. The summed E-state index contributed by atoms with van der Waals surface area (Å²) in [5.41, 5.74) is 1.46. The molecule has 0 bridgehead atoms. The molecule has 1 saturated heterocycles. The Kier molecular flexibility index (Phi) is 2.64. The molecule has 0 aliphatic carbocycles. The Labute approximate surface area is 88.1 Å². The van der Waals surface area contributed by atoms with Gasteiger partial charge in [-0.1, -0.05) is 0 Å². The van der Waals surface area contributed by atoms with Gasteiger partial charge in [-0.05, 0) is 6.07 Å². The van der Waals surface area contributed by atoms with E-state index in [0.717, 1.165) is 5.69 Å². The maximum Gasteiger partial charge on any atom is 0.136 e. The van der Waals surface area contributed by atoms with Crippen molar-refractivity contribution in [1.29, 1.82) is 5.26 Å². The van der Waals surface area contributed by atoms with Crippen LogP contribution in [0.15, 0.2) is 18.5 Å². The Morgan fingerprint density at radius 3 is 2.80 bits per heavy atom. The van der Waals surface area contributed by atoms with E-state index in [1.165, 1.54) is 0 Å². The monoisotopic (exact) mass is 201 g/mol. The van der Waals surface area contributed by atoms with Crippen molar-refractivity contribution in [2.75, 3.05) is 18.0 Å². The molecule has 1 aromatic rings. The third-order valence-corrected chi connectivity index (χ3v) is 2.58. The molecule has 0 amide bonds. The van der Waals surface area contributed by atoms with E-state index in [9.17, 15) is 4.79 Å². The lowest BCUT2D eigenvalue weighted by Crippen LogP contribution is -2.34. The average Bonchev–Trinajstić information content (AvgIpc) is 2.30. The van der Waals surface area contributed by atoms with Crippen LogP contribution in [0, 0.1) is 11.3 Å². The molecule has 76 valence electrons. The molecular formula is C11H11N3O. The van der Waals surface area contributed by atoms with Crippen LogP contribution in [0.25, 0.3) is 0 Å². The molecule has 1 aliphatic heterocycles. The number of nitriles is 1. The van der Waals surface area contributed by atoms with E-state index in [1.54, 1.807) is 18.5 Å².